The van der Waals surface area contributed by atoms with Crippen molar-refractivity contribution in [3.63, 3.8) is 0 Å². The predicted octanol–water partition coefficient (Wildman–Crippen LogP) is 6.66. The van der Waals surface area contributed by atoms with Gasteiger partial charge in [0.05, 0.1) is 0 Å². The molecule has 0 N–H and O–H groups in total. The summed E-state index contributed by atoms with van der Waals surface area (Å²) in [7, 11) is 0. The highest BCUT2D eigenvalue weighted by Crippen LogP contribution is 2.44. The van der Waals surface area contributed by atoms with Gasteiger partial charge in [-0.3, -0.25) is 4.79 Å². The van der Waals surface area contributed by atoms with E-state index in [1.54, 1.807) is 0 Å². The van der Waals surface area contributed by atoms with Gasteiger partial charge in [0.25, 0.3) is 0 Å². The lowest BCUT2D eigenvalue weighted by atomic mass is 9.74. The van der Waals surface area contributed by atoms with Crippen molar-refractivity contribution in [3.05, 3.63) is 108 Å². The van der Waals surface area contributed by atoms with Crippen LogP contribution in [-0.4, -0.2) is 23.5 Å². The van der Waals surface area contributed by atoms with Crippen LogP contribution in [0.15, 0.2) is 91.0 Å². The molecule has 0 aromatic heterocycles. The van der Waals surface area contributed by atoms with Crippen LogP contribution in [-0.2, 0) is 15.1 Å². The van der Waals surface area contributed by atoms with E-state index in [4.69, 9.17) is 4.74 Å². The molecule has 34 heavy (non-hydrogen) atoms. The van der Waals surface area contributed by atoms with E-state index in [2.05, 4.69) is 12.1 Å². The molecule has 1 heterocycles. The monoisotopic (exact) mass is 453 g/mol. The van der Waals surface area contributed by atoms with Crippen molar-refractivity contribution in [2.75, 3.05) is 6.61 Å². The summed E-state index contributed by atoms with van der Waals surface area (Å²) >= 11 is 0. The molecule has 1 atom stereocenters. The number of rotatable bonds is 6. The minimum atomic E-state index is -0.968. The van der Waals surface area contributed by atoms with E-state index < -0.39 is 11.6 Å². The smallest absolute Gasteiger partial charge is 0.417 e. The van der Waals surface area contributed by atoms with Gasteiger partial charge in [-0.15, -0.1) is 0 Å². The molecule has 0 radical (unpaired) electrons. The van der Waals surface area contributed by atoms with E-state index in [1.165, 1.54) is 29.7 Å². The standard InChI is InChI=1S/C30H31NO3/c32-28(21-27(23-13-5-1-6-14-23)24-15-7-2-8-16-24)31-29(33)34-22-30(31,25-17-9-3-10-18-25)26-19-11-4-12-20-26/h1,3-6,9-14,17-20,24,27H,2,7-8,15-16,21-22H2. The first-order chi connectivity index (χ1) is 16.7. The fraction of sp³-hybridized carbons (Fsp3) is 0.333. The number of nitrogens with zero attached hydrogens (tertiary/aromatic N) is 1. The van der Waals surface area contributed by atoms with Gasteiger partial charge in [-0.25, -0.2) is 9.69 Å². The van der Waals surface area contributed by atoms with E-state index in [0.29, 0.717) is 12.3 Å². The predicted molar refractivity (Wildman–Crippen MR) is 132 cm³/mol. The molecule has 2 amide bonds. The number of carbonyl (C=O) groups excluding carboxylic acids is 2. The van der Waals surface area contributed by atoms with Gasteiger partial charge in [0, 0.05) is 6.42 Å². The van der Waals surface area contributed by atoms with Gasteiger partial charge in [0.2, 0.25) is 5.91 Å². The highest BCUT2D eigenvalue weighted by atomic mass is 16.6. The molecule has 3 aromatic rings. The number of carbonyl (C=O) groups is 2. The van der Waals surface area contributed by atoms with E-state index in [1.807, 2.05) is 78.9 Å². The van der Waals surface area contributed by atoms with Crippen molar-refractivity contribution >= 4 is 12.0 Å². The highest BCUT2D eigenvalue weighted by Gasteiger charge is 2.53. The Hall–Kier alpha value is -3.40. The van der Waals surface area contributed by atoms with E-state index in [0.717, 1.165) is 24.0 Å². The van der Waals surface area contributed by atoms with Crippen molar-refractivity contribution in [1.29, 1.82) is 0 Å². The van der Waals surface area contributed by atoms with Crippen LogP contribution in [0.25, 0.3) is 0 Å². The molecule has 1 aliphatic heterocycles. The fourth-order valence-corrected chi connectivity index (χ4v) is 5.86. The Balaban J connectivity index is 1.54. The summed E-state index contributed by atoms with van der Waals surface area (Å²) < 4.78 is 5.61. The normalized spacial score (nSPS) is 18.9. The van der Waals surface area contributed by atoms with Gasteiger partial charge in [-0.05, 0) is 41.4 Å². The second-order valence-corrected chi connectivity index (χ2v) is 9.50. The summed E-state index contributed by atoms with van der Waals surface area (Å²) in [6.45, 7) is 0.116. The maximum atomic E-state index is 14.1. The molecule has 2 aliphatic rings. The molecular weight excluding hydrogens is 422 g/mol. The first-order valence-electron chi connectivity index (χ1n) is 12.4. The average Bonchev–Trinajstić information content (AvgIpc) is 3.27. The number of ether oxygens (including phenoxy) is 1. The molecule has 0 spiro atoms. The summed E-state index contributed by atoms with van der Waals surface area (Å²) in [6, 6.07) is 29.9. The van der Waals surface area contributed by atoms with Gasteiger partial charge in [0.1, 0.15) is 12.1 Å². The van der Waals surface area contributed by atoms with E-state index in [-0.39, 0.29) is 18.4 Å². The van der Waals surface area contributed by atoms with Crippen LogP contribution in [0.4, 0.5) is 4.79 Å². The Morgan fingerprint density at radius 3 is 1.91 bits per heavy atom. The number of imide groups is 1. The van der Waals surface area contributed by atoms with Crippen molar-refractivity contribution in [2.24, 2.45) is 5.92 Å². The summed E-state index contributed by atoms with van der Waals surface area (Å²) in [4.78, 5) is 28.6. The highest BCUT2D eigenvalue weighted by molar-refractivity contribution is 5.95. The largest absolute Gasteiger partial charge is 0.446 e. The Morgan fingerprint density at radius 1 is 0.824 bits per heavy atom. The molecular formula is C30H31NO3. The lowest BCUT2D eigenvalue weighted by Gasteiger charge is -2.37. The van der Waals surface area contributed by atoms with Gasteiger partial charge in [-0.1, -0.05) is 110 Å². The summed E-state index contributed by atoms with van der Waals surface area (Å²) in [5.74, 6) is 0.364. The molecule has 1 saturated heterocycles. The Morgan fingerprint density at radius 2 is 1.35 bits per heavy atom. The summed E-state index contributed by atoms with van der Waals surface area (Å²) in [5.41, 5.74) is 1.98. The number of benzene rings is 3. The molecule has 174 valence electrons. The minimum Gasteiger partial charge on any atom is -0.446 e. The Labute approximate surface area is 201 Å². The summed E-state index contributed by atoms with van der Waals surface area (Å²) in [5, 5.41) is 0. The second kappa shape index (κ2) is 9.84. The van der Waals surface area contributed by atoms with Crippen LogP contribution < -0.4 is 0 Å². The number of amides is 2. The molecule has 2 fully saturated rings. The number of cyclic esters (lactones) is 1. The van der Waals surface area contributed by atoms with Crippen molar-refractivity contribution in [1.82, 2.24) is 4.90 Å². The van der Waals surface area contributed by atoms with Crippen LogP contribution in [0.3, 0.4) is 0 Å². The van der Waals surface area contributed by atoms with Gasteiger partial charge >= 0.3 is 6.09 Å². The third kappa shape index (κ3) is 4.13. The van der Waals surface area contributed by atoms with Crippen molar-refractivity contribution in [3.8, 4) is 0 Å². The third-order valence-electron chi connectivity index (χ3n) is 7.56. The molecule has 4 heteroatoms. The number of hydrogen-bond donors (Lipinski definition) is 0. The van der Waals surface area contributed by atoms with Crippen molar-refractivity contribution < 1.29 is 14.3 Å². The minimum absolute atomic E-state index is 0.0895. The van der Waals surface area contributed by atoms with Crippen LogP contribution in [0, 0.1) is 5.92 Å². The zero-order valence-electron chi connectivity index (χ0n) is 19.4. The van der Waals surface area contributed by atoms with Crippen LogP contribution >= 0.6 is 0 Å². The first-order valence-corrected chi connectivity index (χ1v) is 12.4. The molecule has 3 aromatic carbocycles. The molecule has 1 unspecified atom stereocenters. The van der Waals surface area contributed by atoms with Crippen LogP contribution in [0.2, 0.25) is 0 Å². The molecule has 1 saturated carbocycles. The second-order valence-electron chi connectivity index (χ2n) is 9.50. The van der Waals surface area contributed by atoms with E-state index >= 15 is 0 Å². The fourth-order valence-electron chi connectivity index (χ4n) is 5.86. The quantitative estimate of drug-likeness (QED) is 0.419. The number of hydrogen-bond acceptors (Lipinski definition) is 3. The Kier molecular flexibility index (Phi) is 6.48. The maximum Gasteiger partial charge on any atom is 0.417 e. The van der Waals surface area contributed by atoms with Crippen molar-refractivity contribution in [2.45, 2.75) is 50.0 Å². The van der Waals surface area contributed by atoms with Crippen LogP contribution in [0.1, 0.15) is 61.1 Å². The molecule has 0 bridgehead atoms. The van der Waals surface area contributed by atoms with Gasteiger partial charge in [0.15, 0.2) is 0 Å². The average molecular weight is 454 g/mol. The topological polar surface area (TPSA) is 46.6 Å². The molecule has 4 nitrogen and oxygen atoms in total. The molecule has 1 aliphatic carbocycles. The first kappa shape index (κ1) is 22.4. The summed E-state index contributed by atoms with van der Waals surface area (Å²) in [6.07, 6.45) is 5.64. The lowest BCUT2D eigenvalue weighted by Crippen LogP contribution is -2.49. The zero-order chi connectivity index (χ0) is 23.4. The third-order valence-corrected chi connectivity index (χ3v) is 7.56. The Bertz CT molecular complexity index is 1070. The van der Waals surface area contributed by atoms with Gasteiger partial charge in [-0.2, -0.15) is 0 Å². The maximum absolute atomic E-state index is 14.1. The lowest BCUT2D eigenvalue weighted by molar-refractivity contribution is -0.131. The van der Waals surface area contributed by atoms with E-state index in [9.17, 15) is 9.59 Å². The molecule has 5 rings (SSSR count). The van der Waals surface area contributed by atoms with Crippen LogP contribution in [0.5, 0.6) is 0 Å². The van der Waals surface area contributed by atoms with Gasteiger partial charge < -0.3 is 4.74 Å². The SMILES string of the molecule is O=C(CC(c1ccccc1)C1CCCCC1)N1C(=O)OCC1(c1ccccc1)c1ccccc1. The zero-order valence-corrected chi connectivity index (χ0v) is 19.4.